The lowest BCUT2D eigenvalue weighted by molar-refractivity contribution is -0.118. The van der Waals surface area contributed by atoms with Gasteiger partial charge in [0.1, 0.15) is 11.3 Å². The second-order valence-corrected chi connectivity index (χ2v) is 7.16. The molecule has 3 amide bonds. The number of amides is 3. The Balaban J connectivity index is 1.49. The number of carbonyl (C=O) groups is 3. The Labute approximate surface area is 185 Å². The Morgan fingerprint density at radius 1 is 0.969 bits per heavy atom. The summed E-state index contributed by atoms with van der Waals surface area (Å²) in [6, 6.07) is 23.2. The van der Waals surface area contributed by atoms with Crippen molar-refractivity contribution in [3.05, 3.63) is 95.6 Å². The molecule has 0 aliphatic carbocycles. The van der Waals surface area contributed by atoms with Gasteiger partial charge in [0.15, 0.2) is 6.61 Å². The Hall–Kier alpha value is -4.39. The van der Waals surface area contributed by atoms with Crippen LogP contribution < -0.4 is 20.5 Å². The number of rotatable bonds is 6. The molecule has 0 radical (unpaired) electrons. The molecule has 0 unspecified atom stereocenters. The number of hydrazine groups is 1. The van der Waals surface area contributed by atoms with Crippen molar-refractivity contribution in [2.75, 3.05) is 16.9 Å². The van der Waals surface area contributed by atoms with Gasteiger partial charge in [-0.15, -0.1) is 0 Å². The van der Waals surface area contributed by atoms with Crippen LogP contribution in [-0.2, 0) is 14.4 Å². The van der Waals surface area contributed by atoms with Gasteiger partial charge >= 0.3 is 0 Å². The van der Waals surface area contributed by atoms with Gasteiger partial charge in [0.2, 0.25) is 0 Å². The topological polar surface area (TPSA) is 87.7 Å². The highest BCUT2D eigenvalue weighted by Crippen LogP contribution is 2.25. The minimum Gasteiger partial charge on any atom is -0.483 e. The van der Waals surface area contributed by atoms with Gasteiger partial charge in [0.05, 0.1) is 5.69 Å². The predicted molar refractivity (Wildman–Crippen MR) is 122 cm³/mol. The molecular weight excluding hydrogens is 406 g/mol. The van der Waals surface area contributed by atoms with Crippen LogP contribution in [0, 0.1) is 6.92 Å². The van der Waals surface area contributed by atoms with E-state index >= 15 is 0 Å². The summed E-state index contributed by atoms with van der Waals surface area (Å²) in [6.07, 6.45) is 1.47. The van der Waals surface area contributed by atoms with Gasteiger partial charge in [-0.2, -0.15) is 0 Å². The van der Waals surface area contributed by atoms with Crippen LogP contribution in [0.5, 0.6) is 5.75 Å². The van der Waals surface area contributed by atoms with Crippen molar-refractivity contribution < 1.29 is 19.1 Å². The molecule has 1 aliphatic heterocycles. The van der Waals surface area contributed by atoms with Crippen molar-refractivity contribution in [2.45, 2.75) is 6.92 Å². The Morgan fingerprint density at radius 2 is 1.66 bits per heavy atom. The van der Waals surface area contributed by atoms with Crippen molar-refractivity contribution in [1.82, 2.24) is 5.43 Å². The van der Waals surface area contributed by atoms with Gasteiger partial charge in [-0.05, 0) is 42.8 Å². The van der Waals surface area contributed by atoms with Gasteiger partial charge in [0.25, 0.3) is 17.7 Å². The van der Waals surface area contributed by atoms with Crippen LogP contribution in [0.2, 0.25) is 0 Å². The first-order chi connectivity index (χ1) is 15.5. The molecule has 2 N–H and O–H groups in total. The number of aryl methyl sites for hydroxylation is 1. The Bertz CT molecular complexity index is 1200. The molecule has 0 aromatic heterocycles. The summed E-state index contributed by atoms with van der Waals surface area (Å²) in [5.41, 5.74) is 5.28. The molecule has 0 saturated carbocycles. The third-order valence-corrected chi connectivity index (χ3v) is 4.90. The van der Waals surface area contributed by atoms with E-state index in [1.165, 1.54) is 11.1 Å². The number of anilines is 2. The Kier molecular flexibility index (Phi) is 5.98. The summed E-state index contributed by atoms with van der Waals surface area (Å²) >= 11 is 0. The van der Waals surface area contributed by atoms with Crippen molar-refractivity contribution in [3.63, 3.8) is 0 Å². The summed E-state index contributed by atoms with van der Waals surface area (Å²) in [5, 5.41) is 4.01. The monoisotopic (exact) mass is 427 g/mol. The molecule has 0 atom stereocenters. The fourth-order valence-electron chi connectivity index (χ4n) is 3.25. The lowest BCUT2D eigenvalue weighted by Gasteiger charge is -2.14. The third-order valence-electron chi connectivity index (χ3n) is 4.90. The average molecular weight is 427 g/mol. The minimum absolute atomic E-state index is 0.0192. The standard InChI is InChI=1S/C25H21N3O4/c1-17-9-5-7-13-21(17)26-23(29)16-32-22-14-8-6-10-18(22)15-20-24(30)27-28(25(20)31)19-11-3-2-4-12-19/h2-15H,16H2,1H3,(H,26,29)(H,27,30)/b20-15-. The van der Waals surface area contributed by atoms with Crippen molar-refractivity contribution in [1.29, 1.82) is 0 Å². The summed E-state index contributed by atoms with van der Waals surface area (Å²) in [4.78, 5) is 37.6. The first-order valence-electron chi connectivity index (χ1n) is 10.0. The van der Waals surface area contributed by atoms with Gasteiger partial charge in [-0.1, -0.05) is 54.6 Å². The first kappa shape index (κ1) is 20.9. The number of benzene rings is 3. The lowest BCUT2D eigenvalue weighted by atomic mass is 10.1. The minimum atomic E-state index is -0.508. The van der Waals surface area contributed by atoms with Crippen LogP contribution in [0.3, 0.4) is 0 Å². The predicted octanol–water partition coefficient (Wildman–Crippen LogP) is 3.47. The first-order valence-corrected chi connectivity index (χ1v) is 10.0. The highest BCUT2D eigenvalue weighted by molar-refractivity contribution is 6.31. The molecule has 160 valence electrons. The normalized spacial score (nSPS) is 14.4. The molecule has 1 saturated heterocycles. The molecule has 32 heavy (non-hydrogen) atoms. The van der Waals surface area contributed by atoms with Crippen LogP contribution in [0.1, 0.15) is 11.1 Å². The van der Waals surface area contributed by atoms with E-state index in [-0.39, 0.29) is 18.1 Å². The van der Waals surface area contributed by atoms with Crippen molar-refractivity contribution >= 4 is 35.2 Å². The highest BCUT2D eigenvalue weighted by Gasteiger charge is 2.34. The van der Waals surface area contributed by atoms with E-state index in [4.69, 9.17) is 4.74 Å². The van der Waals surface area contributed by atoms with Gasteiger partial charge < -0.3 is 10.1 Å². The van der Waals surface area contributed by atoms with Crippen molar-refractivity contribution in [2.24, 2.45) is 0 Å². The maximum Gasteiger partial charge on any atom is 0.282 e. The maximum absolute atomic E-state index is 12.8. The number of nitrogens with one attached hydrogen (secondary N) is 2. The summed E-state index contributed by atoms with van der Waals surface area (Å²) in [6.45, 7) is 1.69. The van der Waals surface area contributed by atoms with Crippen molar-refractivity contribution in [3.8, 4) is 5.75 Å². The number of hydrogen-bond acceptors (Lipinski definition) is 4. The van der Waals surface area contributed by atoms with Gasteiger partial charge in [-0.3, -0.25) is 19.8 Å². The number of para-hydroxylation sites is 3. The molecule has 0 bridgehead atoms. The zero-order chi connectivity index (χ0) is 22.5. The molecule has 0 spiro atoms. The fourth-order valence-corrected chi connectivity index (χ4v) is 3.25. The molecular formula is C25H21N3O4. The van der Waals surface area contributed by atoms with Gasteiger partial charge in [-0.25, -0.2) is 5.01 Å². The van der Waals surface area contributed by atoms with E-state index in [2.05, 4.69) is 10.7 Å². The molecule has 1 aliphatic rings. The second kappa shape index (κ2) is 9.18. The summed E-state index contributed by atoms with van der Waals surface area (Å²) in [5.74, 6) is -0.898. The number of ether oxygens (including phenoxy) is 1. The molecule has 7 heteroatoms. The quantitative estimate of drug-likeness (QED) is 0.466. The number of hydrogen-bond donors (Lipinski definition) is 2. The van der Waals surface area contributed by atoms with E-state index in [0.717, 1.165) is 5.56 Å². The van der Waals surface area contributed by atoms with E-state index in [1.807, 2.05) is 37.3 Å². The molecule has 4 rings (SSSR count). The SMILES string of the molecule is Cc1ccccc1NC(=O)COc1ccccc1/C=C1/C(=O)NN(c2ccccc2)C1=O. The largest absolute Gasteiger partial charge is 0.483 e. The molecule has 3 aromatic carbocycles. The van der Waals surface area contributed by atoms with Crippen LogP contribution in [0.4, 0.5) is 11.4 Å². The van der Waals surface area contributed by atoms with E-state index < -0.39 is 11.8 Å². The highest BCUT2D eigenvalue weighted by atomic mass is 16.5. The second-order valence-electron chi connectivity index (χ2n) is 7.16. The third kappa shape index (κ3) is 4.52. The summed E-state index contributed by atoms with van der Waals surface area (Å²) < 4.78 is 5.69. The summed E-state index contributed by atoms with van der Waals surface area (Å²) in [7, 11) is 0. The average Bonchev–Trinajstić information content (AvgIpc) is 3.09. The molecule has 3 aromatic rings. The molecule has 7 nitrogen and oxygen atoms in total. The molecule has 1 heterocycles. The van der Waals surface area contributed by atoms with E-state index in [1.54, 1.807) is 48.5 Å². The van der Waals surface area contributed by atoms with E-state index in [9.17, 15) is 14.4 Å². The zero-order valence-electron chi connectivity index (χ0n) is 17.4. The van der Waals surface area contributed by atoms with E-state index in [0.29, 0.717) is 22.7 Å². The Morgan fingerprint density at radius 3 is 2.44 bits per heavy atom. The van der Waals surface area contributed by atoms with Gasteiger partial charge in [0, 0.05) is 11.3 Å². The molecule has 1 fully saturated rings. The van der Waals surface area contributed by atoms with Crippen LogP contribution >= 0.6 is 0 Å². The fraction of sp³-hybridized carbons (Fsp3) is 0.0800. The number of carbonyl (C=O) groups excluding carboxylic acids is 3. The lowest BCUT2D eigenvalue weighted by Crippen LogP contribution is -2.35. The van der Waals surface area contributed by atoms with Crippen LogP contribution in [0.15, 0.2) is 84.4 Å². The zero-order valence-corrected chi connectivity index (χ0v) is 17.4. The van der Waals surface area contributed by atoms with Crippen LogP contribution in [-0.4, -0.2) is 24.3 Å². The number of nitrogens with zero attached hydrogens (tertiary/aromatic N) is 1. The van der Waals surface area contributed by atoms with Crippen LogP contribution in [0.25, 0.3) is 6.08 Å². The maximum atomic E-state index is 12.8. The smallest absolute Gasteiger partial charge is 0.282 e.